The highest BCUT2D eigenvalue weighted by atomic mass is 35.5. The lowest BCUT2D eigenvalue weighted by molar-refractivity contribution is -0.117. The fourth-order valence-corrected chi connectivity index (χ4v) is 4.08. The largest absolute Gasteiger partial charge is 0.497 e. The molecule has 3 aromatic carbocycles. The summed E-state index contributed by atoms with van der Waals surface area (Å²) in [6.07, 6.45) is 0. The summed E-state index contributed by atoms with van der Waals surface area (Å²) < 4.78 is 5.22. The molecule has 4 rings (SSSR count). The zero-order chi connectivity index (χ0) is 23.2. The maximum Gasteiger partial charge on any atom is 0.238 e. The number of rotatable bonds is 7. The van der Waals surface area contributed by atoms with E-state index in [1.807, 2.05) is 42.5 Å². The summed E-state index contributed by atoms with van der Waals surface area (Å²) in [6.45, 7) is 3.47. The molecule has 0 aliphatic carbocycles. The average Bonchev–Trinajstić information content (AvgIpc) is 2.86. The van der Waals surface area contributed by atoms with Crippen LogP contribution in [0.5, 0.6) is 5.75 Å². The number of ether oxygens (including phenoxy) is 1. The van der Waals surface area contributed by atoms with Gasteiger partial charge in [0.05, 0.1) is 19.3 Å². The molecule has 0 bridgehead atoms. The van der Waals surface area contributed by atoms with E-state index in [-0.39, 0.29) is 18.2 Å². The SMILES string of the molecule is COc1ccc(N2CCN(CC(=O)Nc3ccc(Cl)cc3C(=O)c3ccccc3)CC2)cc1. The molecule has 0 spiro atoms. The first kappa shape index (κ1) is 22.8. The number of ketones is 1. The Bertz CT molecular complexity index is 1110. The summed E-state index contributed by atoms with van der Waals surface area (Å²) in [5, 5.41) is 3.35. The molecule has 0 saturated carbocycles. The second kappa shape index (κ2) is 10.5. The second-order valence-corrected chi connectivity index (χ2v) is 8.33. The minimum Gasteiger partial charge on any atom is -0.497 e. The van der Waals surface area contributed by atoms with Crippen molar-refractivity contribution in [3.05, 3.63) is 88.9 Å². The molecule has 0 atom stereocenters. The van der Waals surface area contributed by atoms with Crippen LogP contribution in [0.1, 0.15) is 15.9 Å². The van der Waals surface area contributed by atoms with E-state index in [1.165, 1.54) is 0 Å². The highest BCUT2D eigenvalue weighted by Crippen LogP contribution is 2.24. The van der Waals surface area contributed by atoms with Crippen LogP contribution in [-0.4, -0.2) is 56.4 Å². The van der Waals surface area contributed by atoms with Gasteiger partial charge in [0.2, 0.25) is 5.91 Å². The number of halogens is 1. The Kier molecular flexibility index (Phi) is 7.27. The van der Waals surface area contributed by atoms with Gasteiger partial charge < -0.3 is 15.0 Å². The van der Waals surface area contributed by atoms with Crippen molar-refractivity contribution >= 4 is 34.7 Å². The smallest absolute Gasteiger partial charge is 0.238 e. The summed E-state index contributed by atoms with van der Waals surface area (Å²) in [7, 11) is 1.66. The van der Waals surface area contributed by atoms with Gasteiger partial charge in [-0.15, -0.1) is 0 Å². The van der Waals surface area contributed by atoms with Crippen LogP contribution in [0.15, 0.2) is 72.8 Å². The van der Waals surface area contributed by atoms with Crippen molar-refractivity contribution in [2.24, 2.45) is 0 Å². The molecule has 1 fully saturated rings. The minimum absolute atomic E-state index is 0.155. The summed E-state index contributed by atoms with van der Waals surface area (Å²) in [5.41, 5.74) is 2.54. The van der Waals surface area contributed by atoms with Crippen LogP contribution >= 0.6 is 11.6 Å². The third-order valence-electron chi connectivity index (χ3n) is 5.71. The monoisotopic (exact) mass is 463 g/mol. The molecule has 1 aliphatic heterocycles. The first-order valence-electron chi connectivity index (χ1n) is 10.8. The topological polar surface area (TPSA) is 61.9 Å². The normalized spacial score (nSPS) is 14.1. The number of anilines is 2. The average molecular weight is 464 g/mol. The Labute approximate surface area is 198 Å². The molecule has 3 aromatic rings. The van der Waals surface area contributed by atoms with Crippen molar-refractivity contribution in [2.45, 2.75) is 0 Å². The molecule has 0 aromatic heterocycles. The number of hydrogen-bond acceptors (Lipinski definition) is 5. The molecule has 1 heterocycles. The Hall–Kier alpha value is -3.35. The molecule has 170 valence electrons. The number of amides is 1. The lowest BCUT2D eigenvalue weighted by atomic mass is 10.0. The van der Waals surface area contributed by atoms with Crippen LogP contribution in [0.2, 0.25) is 5.02 Å². The van der Waals surface area contributed by atoms with Crippen LogP contribution in [0, 0.1) is 0 Å². The molecule has 0 radical (unpaired) electrons. The highest BCUT2D eigenvalue weighted by Gasteiger charge is 2.21. The van der Waals surface area contributed by atoms with Gasteiger partial charge >= 0.3 is 0 Å². The van der Waals surface area contributed by atoms with Crippen LogP contribution in [-0.2, 0) is 4.79 Å². The Balaban J connectivity index is 1.36. The van der Waals surface area contributed by atoms with Gasteiger partial charge in [-0.1, -0.05) is 41.9 Å². The van der Waals surface area contributed by atoms with Gasteiger partial charge in [0, 0.05) is 48.0 Å². The van der Waals surface area contributed by atoms with E-state index in [4.69, 9.17) is 16.3 Å². The van der Waals surface area contributed by atoms with E-state index < -0.39 is 0 Å². The van der Waals surface area contributed by atoms with Gasteiger partial charge in [-0.05, 0) is 42.5 Å². The molecule has 0 unspecified atom stereocenters. The zero-order valence-corrected chi connectivity index (χ0v) is 19.2. The number of nitrogens with one attached hydrogen (secondary N) is 1. The predicted octanol–water partition coefficient (Wildman–Crippen LogP) is 4.34. The molecule has 33 heavy (non-hydrogen) atoms. The third-order valence-corrected chi connectivity index (χ3v) is 5.95. The number of piperazine rings is 1. The van der Waals surface area contributed by atoms with Gasteiger partial charge in [0.1, 0.15) is 5.75 Å². The number of methoxy groups -OCH3 is 1. The van der Waals surface area contributed by atoms with Gasteiger partial charge in [-0.25, -0.2) is 0 Å². The lowest BCUT2D eigenvalue weighted by Crippen LogP contribution is -2.48. The summed E-state index contributed by atoms with van der Waals surface area (Å²) in [4.78, 5) is 30.2. The molecule has 1 aliphatic rings. The van der Waals surface area contributed by atoms with Crippen molar-refractivity contribution in [1.29, 1.82) is 0 Å². The lowest BCUT2D eigenvalue weighted by Gasteiger charge is -2.35. The molecule has 1 saturated heterocycles. The van der Waals surface area contributed by atoms with Crippen LogP contribution in [0.3, 0.4) is 0 Å². The molecule has 1 amide bonds. The van der Waals surface area contributed by atoms with Gasteiger partial charge in [-0.3, -0.25) is 14.5 Å². The predicted molar refractivity (Wildman–Crippen MR) is 132 cm³/mol. The van der Waals surface area contributed by atoms with Crippen LogP contribution in [0.25, 0.3) is 0 Å². The standard InChI is InChI=1S/C26H26ClN3O3/c1-33-22-10-8-21(9-11-22)30-15-13-29(14-16-30)18-25(31)28-24-12-7-20(27)17-23(24)26(32)19-5-3-2-4-6-19/h2-12,17H,13-16,18H2,1H3,(H,28,31). The van der Waals surface area contributed by atoms with Crippen molar-refractivity contribution in [3.63, 3.8) is 0 Å². The fourth-order valence-electron chi connectivity index (χ4n) is 3.91. The summed E-state index contributed by atoms with van der Waals surface area (Å²) in [6, 6.07) is 21.9. The van der Waals surface area contributed by atoms with Crippen molar-refractivity contribution in [2.75, 3.05) is 50.1 Å². The van der Waals surface area contributed by atoms with Crippen molar-refractivity contribution in [3.8, 4) is 5.75 Å². The van der Waals surface area contributed by atoms with Gasteiger partial charge in [-0.2, -0.15) is 0 Å². The van der Waals surface area contributed by atoms with E-state index >= 15 is 0 Å². The number of benzene rings is 3. The van der Waals surface area contributed by atoms with Crippen molar-refractivity contribution in [1.82, 2.24) is 4.90 Å². The van der Waals surface area contributed by atoms with E-state index in [0.717, 1.165) is 37.6 Å². The van der Waals surface area contributed by atoms with Crippen LogP contribution < -0.4 is 15.0 Å². The third kappa shape index (κ3) is 5.72. The maximum absolute atomic E-state index is 13.0. The number of carbonyl (C=O) groups excluding carboxylic acids is 2. The van der Waals surface area contributed by atoms with E-state index in [2.05, 4.69) is 15.1 Å². The summed E-state index contributed by atoms with van der Waals surface area (Å²) in [5.74, 6) is 0.500. The molecular weight excluding hydrogens is 438 g/mol. The Morgan fingerprint density at radius 2 is 1.64 bits per heavy atom. The Morgan fingerprint density at radius 1 is 0.939 bits per heavy atom. The molecular formula is C26H26ClN3O3. The second-order valence-electron chi connectivity index (χ2n) is 7.89. The van der Waals surface area contributed by atoms with Gasteiger partial charge in [0.15, 0.2) is 5.78 Å². The van der Waals surface area contributed by atoms with Crippen molar-refractivity contribution < 1.29 is 14.3 Å². The first-order valence-corrected chi connectivity index (χ1v) is 11.2. The quantitative estimate of drug-likeness (QED) is 0.528. The Morgan fingerprint density at radius 3 is 2.30 bits per heavy atom. The van der Waals surface area contributed by atoms with Gasteiger partial charge in [0.25, 0.3) is 0 Å². The fraction of sp³-hybridized carbons (Fsp3) is 0.231. The number of carbonyl (C=O) groups is 2. The van der Waals surface area contributed by atoms with E-state index in [0.29, 0.717) is 21.8 Å². The van der Waals surface area contributed by atoms with E-state index in [1.54, 1.807) is 37.4 Å². The molecule has 7 heteroatoms. The highest BCUT2D eigenvalue weighted by molar-refractivity contribution is 6.31. The van der Waals surface area contributed by atoms with E-state index in [9.17, 15) is 9.59 Å². The molecule has 1 N–H and O–H groups in total. The summed E-state index contributed by atoms with van der Waals surface area (Å²) >= 11 is 6.14. The molecule has 6 nitrogen and oxygen atoms in total. The number of nitrogens with zero attached hydrogens (tertiary/aromatic N) is 2. The number of hydrogen-bond donors (Lipinski definition) is 1. The first-order chi connectivity index (χ1) is 16.0. The maximum atomic E-state index is 13.0. The zero-order valence-electron chi connectivity index (χ0n) is 18.5. The minimum atomic E-state index is -0.179. The van der Waals surface area contributed by atoms with Crippen LogP contribution in [0.4, 0.5) is 11.4 Å².